The van der Waals surface area contributed by atoms with Crippen molar-refractivity contribution in [1.82, 2.24) is 15.2 Å². The number of para-hydroxylation sites is 1. The van der Waals surface area contributed by atoms with Gasteiger partial charge in [-0.3, -0.25) is 9.59 Å². The quantitative estimate of drug-likeness (QED) is 0.599. The number of nitrogens with zero attached hydrogens (tertiary/aromatic N) is 1. The normalized spacial score (nSPS) is 15.1. The summed E-state index contributed by atoms with van der Waals surface area (Å²) in [4.78, 5) is 31.0. The van der Waals surface area contributed by atoms with Crippen LogP contribution in [0.2, 0.25) is 5.02 Å². The molecule has 0 unspecified atom stereocenters. The van der Waals surface area contributed by atoms with Crippen LogP contribution in [-0.2, 0) is 4.79 Å². The van der Waals surface area contributed by atoms with Crippen molar-refractivity contribution >= 4 is 39.9 Å². The van der Waals surface area contributed by atoms with Crippen LogP contribution in [0, 0.1) is 5.92 Å². The number of aromatic nitrogens is 1. The van der Waals surface area contributed by atoms with Crippen molar-refractivity contribution in [2.45, 2.75) is 26.3 Å². The number of rotatable bonds is 5. The monoisotopic (exact) mass is 435 g/mol. The molecule has 2 N–H and O–H groups in total. The number of carbonyl (C=O) groups excluding carboxylic acids is 2. The van der Waals surface area contributed by atoms with Crippen LogP contribution in [0.15, 0.2) is 60.8 Å². The number of aromatic amines is 1. The lowest BCUT2D eigenvalue weighted by Gasteiger charge is -2.32. The highest BCUT2D eigenvalue weighted by Gasteiger charge is 2.30. The Labute approximate surface area is 187 Å². The van der Waals surface area contributed by atoms with Gasteiger partial charge in [0.2, 0.25) is 5.91 Å². The highest BCUT2D eigenvalue weighted by molar-refractivity contribution is 6.30. The van der Waals surface area contributed by atoms with Crippen molar-refractivity contribution in [3.8, 4) is 0 Å². The van der Waals surface area contributed by atoms with Gasteiger partial charge < -0.3 is 15.2 Å². The zero-order chi connectivity index (χ0) is 22.0. The minimum Gasteiger partial charge on any atom is -0.361 e. The molecule has 5 nitrogen and oxygen atoms in total. The maximum Gasteiger partial charge on any atom is 0.251 e. The molecule has 0 bridgehead atoms. The molecule has 2 amide bonds. The van der Waals surface area contributed by atoms with Gasteiger partial charge in [-0.05, 0) is 48.2 Å². The van der Waals surface area contributed by atoms with E-state index in [0.29, 0.717) is 23.7 Å². The number of amides is 2. The highest BCUT2D eigenvalue weighted by atomic mass is 35.5. The first-order valence-corrected chi connectivity index (χ1v) is 10.9. The summed E-state index contributed by atoms with van der Waals surface area (Å²) in [6, 6.07) is 14.3. The molecule has 2 aromatic carbocycles. The number of benzene rings is 2. The maximum absolute atomic E-state index is 13.2. The molecule has 1 aliphatic rings. The van der Waals surface area contributed by atoms with Gasteiger partial charge in [-0.25, -0.2) is 0 Å². The third kappa shape index (κ3) is 4.52. The van der Waals surface area contributed by atoms with Gasteiger partial charge in [-0.2, -0.15) is 0 Å². The van der Waals surface area contributed by atoms with Gasteiger partial charge in [0.05, 0.1) is 0 Å². The van der Waals surface area contributed by atoms with Crippen molar-refractivity contribution in [3.05, 3.63) is 77.0 Å². The first kappa shape index (κ1) is 21.2. The molecule has 1 aromatic heterocycles. The summed E-state index contributed by atoms with van der Waals surface area (Å²) in [6.45, 7) is 5.06. The zero-order valence-electron chi connectivity index (χ0n) is 17.7. The lowest BCUT2D eigenvalue weighted by molar-refractivity contribution is -0.133. The number of H-pyrrole nitrogens is 1. The molecule has 6 heteroatoms. The maximum atomic E-state index is 13.2. The van der Waals surface area contributed by atoms with E-state index in [2.05, 4.69) is 28.5 Å². The Hall–Kier alpha value is -3.05. The van der Waals surface area contributed by atoms with Crippen LogP contribution in [-0.4, -0.2) is 40.8 Å². The second-order valence-electron chi connectivity index (χ2n) is 8.21. The van der Waals surface area contributed by atoms with E-state index in [1.807, 2.05) is 37.1 Å². The van der Waals surface area contributed by atoms with Crippen LogP contribution in [0.3, 0.4) is 0 Å². The molecule has 160 valence electrons. The number of halogens is 1. The van der Waals surface area contributed by atoms with E-state index in [0.717, 1.165) is 11.9 Å². The molecular weight excluding hydrogens is 410 g/mol. The van der Waals surface area contributed by atoms with E-state index >= 15 is 0 Å². The fourth-order valence-electron chi connectivity index (χ4n) is 3.99. The van der Waals surface area contributed by atoms with E-state index in [9.17, 15) is 9.59 Å². The minimum absolute atomic E-state index is 0.0252. The number of hydrogen-bond acceptors (Lipinski definition) is 2. The second kappa shape index (κ2) is 8.98. The van der Waals surface area contributed by atoms with Crippen molar-refractivity contribution in [2.24, 2.45) is 5.92 Å². The lowest BCUT2D eigenvalue weighted by atomic mass is 9.97. The van der Waals surface area contributed by atoms with Gasteiger partial charge in [0, 0.05) is 46.3 Å². The fraction of sp³-hybridized carbons (Fsp3) is 0.280. The Morgan fingerprint density at radius 2 is 1.84 bits per heavy atom. The number of carbonyl (C=O) groups is 2. The van der Waals surface area contributed by atoms with Crippen molar-refractivity contribution < 1.29 is 9.59 Å². The van der Waals surface area contributed by atoms with Gasteiger partial charge in [-0.15, -0.1) is 0 Å². The minimum atomic E-state index is -0.578. The molecule has 2 heterocycles. The van der Waals surface area contributed by atoms with Crippen LogP contribution in [0.1, 0.15) is 36.2 Å². The predicted octanol–water partition coefficient (Wildman–Crippen LogP) is 4.89. The van der Waals surface area contributed by atoms with E-state index in [-0.39, 0.29) is 17.7 Å². The third-order valence-corrected chi connectivity index (χ3v) is 6.03. The molecule has 3 aromatic rings. The molecule has 1 atom stereocenters. The van der Waals surface area contributed by atoms with Crippen molar-refractivity contribution in [1.29, 1.82) is 0 Å². The predicted molar refractivity (Wildman–Crippen MR) is 125 cm³/mol. The Morgan fingerprint density at radius 1 is 1.10 bits per heavy atom. The summed E-state index contributed by atoms with van der Waals surface area (Å²) >= 11 is 5.91. The topological polar surface area (TPSA) is 65.2 Å². The number of fused-ring (bicyclic) bond motifs is 1. The Bertz CT molecular complexity index is 1130. The van der Waals surface area contributed by atoms with Crippen LogP contribution < -0.4 is 5.32 Å². The largest absolute Gasteiger partial charge is 0.361 e. The van der Waals surface area contributed by atoms with E-state index in [1.54, 1.807) is 24.3 Å². The molecule has 0 saturated heterocycles. The Morgan fingerprint density at radius 3 is 2.52 bits per heavy atom. The van der Waals surface area contributed by atoms with Gasteiger partial charge in [0.15, 0.2) is 0 Å². The summed E-state index contributed by atoms with van der Waals surface area (Å²) in [5.74, 6) is -0.343. The van der Waals surface area contributed by atoms with Crippen LogP contribution in [0.25, 0.3) is 16.5 Å². The summed E-state index contributed by atoms with van der Waals surface area (Å²) in [5, 5.41) is 4.68. The smallest absolute Gasteiger partial charge is 0.251 e. The molecule has 0 saturated carbocycles. The SMILES string of the molecule is CC(C)[C@H](NC(=O)c1ccc(Cl)cc1)C(=O)N1CC=C(c2c[nH]c3ccccc23)CC1. The molecule has 0 radical (unpaired) electrons. The fourth-order valence-corrected chi connectivity index (χ4v) is 4.11. The molecule has 1 aliphatic heterocycles. The van der Waals surface area contributed by atoms with Crippen molar-refractivity contribution in [3.63, 3.8) is 0 Å². The van der Waals surface area contributed by atoms with Crippen LogP contribution in [0.5, 0.6) is 0 Å². The Balaban J connectivity index is 1.46. The van der Waals surface area contributed by atoms with Crippen molar-refractivity contribution in [2.75, 3.05) is 13.1 Å². The Kier molecular flexibility index (Phi) is 6.14. The first-order chi connectivity index (χ1) is 14.9. The van der Waals surface area contributed by atoms with E-state index in [1.165, 1.54) is 16.5 Å². The first-order valence-electron chi connectivity index (χ1n) is 10.5. The van der Waals surface area contributed by atoms with E-state index < -0.39 is 6.04 Å². The molecule has 0 aliphatic carbocycles. The zero-order valence-corrected chi connectivity index (χ0v) is 18.4. The standard InChI is InChI=1S/C25H26ClN3O2/c1-16(2)23(28-24(30)18-7-9-19(26)10-8-18)25(31)29-13-11-17(12-14-29)21-15-27-22-6-4-3-5-20(21)22/h3-11,15-16,23,27H,12-14H2,1-2H3,(H,28,30)/t23-/m0/s1. The van der Waals surface area contributed by atoms with Gasteiger partial charge in [0.25, 0.3) is 5.91 Å². The van der Waals surface area contributed by atoms with E-state index in [4.69, 9.17) is 11.6 Å². The molecular formula is C25H26ClN3O2. The lowest BCUT2D eigenvalue weighted by Crippen LogP contribution is -2.52. The third-order valence-electron chi connectivity index (χ3n) is 5.78. The number of nitrogens with one attached hydrogen (secondary N) is 2. The molecule has 0 spiro atoms. The highest BCUT2D eigenvalue weighted by Crippen LogP contribution is 2.29. The van der Waals surface area contributed by atoms with Gasteiger partial charge >= 0.3 is 0 Å². The molecule has 4 rings (SSSR count). The van der Waals surface area contributed by atoms with Gasteiger partial charge in [-0.1, -0.05) is 49.7 Å². The average molecular weight is 436 g/mol. The number of hydrogen-bond donors (Lipinski definition) is 2. The van der Waals surface area contributed by atoms with Crippen LogP contribution >= 0.6 is 11.6 Å². The summed E-state index contributed by atoms with van der Waals surface area (Å²) in [7, 11) is 0. The average Bonchev–Trinajstić information content (AvgIpc) is 3.21. The van der Waals surface area contributed by atoms with Gasteiger partial charge in [0.1, 0.15) is 6.04 Å². The van der Waals surface area contributed by atoms with Crippen LogP contribution in [0.4, 0.5) is 0 Å². The second-order valence-corrected chi connectivity index (χ2v) is 8.65. The summed E-state index contributed by atoms with van der Waals surface area (Å²) in [6.07, 6.45) is 4.94. The molecule has 0 fully saturated rings. The molecule has 31 heavy (non-hydrogen) atoms. The summed E-state index contributed by atoms with van der Waals surface area (Å²) in [5.41, 5.74) is 4.04. The summed E-state index contributed by atoms with van der Waals surface area (Å²) < 4.78 is 0.